The van der Waals surface area contributed by atoms with Gasteiger partial charge < -0.3 is 5.32 Å². The molecular formula is C20H14Cl3FN2O3S. The summed E-state index contributed by atoms with van der Waals surface area (Å²) in [6.45, 7) is 0. The number of amides is 1. The number of halogens is 4. The maximum atomic E-state index is 13.1. The van der Waals surface area contributed by atoms with Crippen LogP contribution in [-0.4, -0.2) is 21.4 Å². The normalized spacial score (nSPS) is 11.2. The first-order valence-corrected chi connectivity index (χ1v) is 11.0. The van der Waals surface area contributed by atoms with Crippen LogP contribution in [0.2, 0.25) is 15.1 Å². The van der Waals surface area contributed by atoms with Crippen LogP contribution >= 0.6 is 34.8 Å². The van der Waals surface area contributed by atoms with Gasteiger partial charge in [0.1, 0.15) is 5.82 Å². The van der Waals surface area contributed by atoms with Crippen molar-refractivity contribution in [3.05, 3.63) is 87.1 Å². The minimum absolute atomic E-state index is 0.0500. The molecule has 0 radical (unpaired) electrons. The van der Waals surface area contributed by atoms with E-state index in [1.54, 1.807) is 18.2 Å². The number of carbonyl (C=O) groups excluding carboxylic acids is 1. The van der Waals surface area contributed by atoms with Gasteiger partial charge in [0.15, 0.2) is 0 Å². The molecule has 5 nitrogen and oxygen atoms in total. The third-order valence-electron chi connectivity index (χ3n) is 4.23. The fourth-order valence-electron chi connectivity index (χ4n) is 2.58. The zero-order valence-electron chi connectivity index (χ0n) is 15.4. The van der Waals surface area contributed by atoms with Gasteiger partial charge in [-0.2, -0.15) is 0 Å². The summed E-state index contributed by atoms with van der Waals surface area (Å²) < 4.78 is 40.1. The van der Waals surface area contributed by atoms with Crippen molar-refractivity contribution in [2.45, 2.75) is 4.90 Å². The molecule has 10 heteroatoms. The molecule has 0 aliphatic rings. The van der Waals surface area contributed by atoms with Crippen LogP contribution in [0, 0.1) is 5.82 Å². The summed E-state index contributed by atoms with van der Waals surface area (Å²) in [6.07, 6.45) is 0. The summed E-state index contributed by atoms with van der Waals surface area (Å²) in [5.74, 6) is -1.15. The number of rotatable bonds is 5. The molecule has 0 heterocycles. The Morgan fingerprint density at radius 2 is 1.63 bits per heavy atom. The van der Waals surface area contributed by atoms with Crippen LogP contribution in [0.5, 0.6) is 0 Å². The van der Waals surface area contributed by atoms with Crippen molar-refractivity contribution in [3.63, 3.8) is 0 Å². The van der Waals surface area contributed by atoms with Crippen LogP contribution in [0.25, 0.3) is 0 Å². The molecule has 0 spiro atoms. The molecule has 0 fully saturated rings. The molecule has 1 amide bonds. The molecular weight excluding hydrogens is 474 g/mol. The predicted molar refractivity (Wildman–Crippen MR) is 118 cm³/mol. The minimum Gasteiger partial charge on any atom is -0.321 e. The van der Waals surface area contributed by atoms with E-state index in [0.717, 1.165) is 22.5 Å². The average molecular weight is 488 g/mol. The van der Waals surface area contributed by atoms with Crippen LogP contribution in [0.3, 0.4) is 0 Å². The first-order chi connectivity index (χ1) is 14.1. The van der Waals surface area contributed by atoms with Gasteiger partial charge in [0.05, 0.1) is 36.9 Å². The zero-order chi connectivity index (χ0) is 22.1. The van der Waals surface area contributed by atoms with Crippen molar-refractivity contribution >= 4 is 62.1 Å². The second kappa shape index (κ2) is 8.81. The van der Waals surface area contributed by atoms with Crippen LogP contribution in [0.1, 0.15) is 10.4 Å². The van der Waals surface area contributed by atoms with Crippen LogP contribution in [-0.2, 0) is 10.0 Å². The maximum Gasteiger partial charge on any atom is 0.264 e. The number of nitrogens with zero attached hydrogens (tertiary/aromatic N) is 1. The Morgan fingerprint density at radius 3 is 2.30 bits per heavy atom. The molecule has 0 atom stereocenters. The molecule has 3 rings (SSSR count). The van der Waals surface area contributed by atoms with E-state index in [0.29, 0.717) is 0 Å². The molecule has 156 valence electrons. The smallest absolute Gasteiger partial charge is 0.264 e. The van der Waals surface area contributed by atoms with E-state index in [1.807, 2.05) is 0 Å². The minimum atomic E-state index is -4.04. The molecule has 0 aromatic heterocycles. The fraction of sp³-hybridized carbons (Fsp3) is 0.0500. The van der Waals surface area contributed by atoms with E-state index >= 15 is 0 Å². The number of benzene rings is 3. The summed E-state index contributed by atoms with van der Waals surface area (Å²) in [7, 11) is -2.72. The Hall–Kier alpha value is -2.32. The summed E-state index contributed by atoms with van der Waals surface area (Å²) in [5.41, 5.74) is 0.436. The van der Waals surface area contributed by atoms with Gasteiger partial charge in [-0.05, 0) is 54.6 Å². The first-order valence-electron chi connectivity index (χ1n) is 8.40. The van der Waals surface area contributed by atoms with Gasteiger partial charge in [0.2, 0.25) is 0 Å². The Labute approximate surface area is 188 Å². The zero-order valence-corrected chi connectivity index (χ0v) is 18.4. The number of sulfonamides is 1. The van der Waals surface area contributed by atoms with Gasteiger partial charge >= 0.3 is 0 Å². The van der Waals surface area contributed by atoms with Gasteiger partial charge in [0.25, 0.3) is 15.9 Å². The van der Waals surface area contributed by atoms with Crippen molar-refractivity contribution in [2.24, 2.45) is 0 Å². The van der Waals surface area contributed by atoms with Crippen LogP contribution in [0.4, 0.5) is 15.8 Å². The quantitative estimate of drug-likeness (QED) is 0.490. The van der Waals surface area contributed by atoms with Crippen molar-refractivity contribution in [1.29, 1.82) is 0 Å². The molecule has 0 saturated carbocycles. The summed E-state index contributed by atoms with van der Waals surface area (Å²) in [4.78, 5) is 12.5. The average Bonchev–Trinajstić information content (AvgIpc) is 2.71. The Balaban J connectivity index is 1.95. The Morgan fingerprint density at radius 1 is 0.967 bits per heavy atom. The summed E-state index contributed by atoms with van der Waals surface area (Å²) >= 11 is 18.1. The van der Waals surface area contributed by atoms with Gasteiger partial charge in [-0.25, -0.2) is 12.8 Å². The van der Waals surface area contributed by atoms with Crippen molar-refractivity contribution in [3.8, 4) is 0 Å². The Bertz CT molecular complexity index is 1220. The van der Waals surface area contributed by atoms with E-state index in [9.17, 15) is 17.6 Å². The monoisotopic (exact) mass is 486 g/mol. The molecule has 3 aromatic rings. The van der Waals surface area contributed by atoms with Crippen molar-refractivity contribution < 1.29 is 17.6 Å². The lowest BCUT2D eigenvalue weighted by molar-refractivity contribution is 0.102. The lowest BCUT2D eigenvalue weighted by Crippen LogP contribution is -2.27. The number of hydrogen-bond acceptors (Lipinski definition) is 3. The lowest BCUT2D eigenvalue weighted by atomic mass is 10.2. The van der Waals surface area contributed by atoms with Crippen molar-refractivity contribution in [2.75, 3.05) is 16.7 Å². The van der Waals surface area contributed by atoms with Gasteiger partial charge in [-0.1, -0.05) is 40.9 Å². The van der Waals surface area contributed by atoms with Gasteiger partial charge in [-0.3, -0.25) is 9.10 Å². The summed E-state index contributed by atoms with van der Waals surface area (Å²) in [6, 6.07) is 13.4. The molecule has 0 aliphatic heterocycles. The standard InChI is InChI=1S/C20H14Cl3FN2O3S/c1-26(13-7-5-12(24)6-8-13)30(28,29)14-9-10-16(21)15(11-14)20(27)25-18-4-2-3-17(22)19(18)23/h2-11H,1H3,(H,25,27). The fourth-order valence-corrected chi connectivity index (χ4v) is 4.35. The second-order valence-electron chi connectivity index (χ2n) is 6.15. The highest BCUT2D eigenvalue weighted by atomic mass is 35.5. The Kier molecular flexibility index (Phi) is 6.57. The van der Waals surface area contributed by atoms with Crippen molar-refractivity contribution in [1.82, 2.24) is 0 Å². The van der Waals surface area contributed by atoms with E-state index in [4.69, 9.17) is 34.8 Å². The topological polar surface area (TPSA) is 66.5 Å². The molecule has 30 heavy (non-hydrogen) atoms. The molecule has 0 aliphatic carbocycles. The highest BCUT2D eigenvalue weighted by Gasteiger charge is 2.24. The molecule has 0 bridgehead atoms. The van der Waals surface area contributed by atoms with Gasteiger partial charge in [0, 0.05) is 7.05 Å². The third-order valence-corrected chi connectivity index (χ3v) is 7.16. The van der Waals surface area contributed by atoms with E-state index in [-0.39, 0.29) is 36.9 Å². The number of hydrogen-bond donors (Lipinski definition) is 1. The number of carbonyl (C=O) groups is 1. The molecule has 0 saturated heterocycles. The largest absolute Gasteiger partial charge is 0.321 e. The molecule has 0 unspecified atom stereocenters. The van der Waals surface area contributed by atoms with E-state index in [2.05, 4.69) is 5.32 Å². The highest BCUT2D eigenvalue weighted by Crippen LogP contribution is 2.31. The number of nitrogens with one attached hydrogen (secondary N) is 1. The lowest BCUT2D eigenvalue weighted by Gasteiger charge is -2.20. The van der Waals surface area contributed by atoms with Crippen LogP contribution in [0.15, 0.2) is 65.6 Å². The first kappa shape index (κ1) is 22.4. The SMILES string of the molecule is CN(c1ccc(F)cc1)S(=O)(=O)c1ccc(Cl)c(C(=O)Nc2cccc(Cl)c2Cl)c1. The summed E-state index contributed by atoms with van der Waals surface area (Å²) in [5, 5.41) is 3.00. The third kappa shape index (κ3) is 4.54. The molecule has 3 aromatic carbocycles. The second-order valence-corrected chi connectivity index (χ2v) is 9.31. The number of anilines is 2. The van der Waals surface area contributed by atoms with E-state index in [1.165, 1.54) is 31.3 Å². The predicted octanol–water partition coefficient (Wildman–Crippen LogP) is 5.86. The highest BCUT2D eigenvalue weighted by molar-refractivity contribution is 7.92. The van der Waals surface area contributed by atoms with Gasteiger partial charge in [-0.15, -0.1) is 0 Å². The van der Waals surface area contributed by atoms with Crippen LogP contribution < -0.4 is 9.62 Å². The maximum absolute atomic E-state index is 13.1. The molecule has 1 N–H and O–H groups in total. The van der Waals surface area contributed by atoms with E-state index < -0.39 is 21.7 Å².